The number of benzene rings is 1. The Morgan fingerprint density at radius 2 is 2.00 bits per heavy atom. The minimum Gasteiger partial charge on any atom is -0.373 e. The van der Waals surface area contributed by atoms with Crippen molar-refractivity contribution in [3.8, 4) is 0 Å². The standard InChI is InChI=1S/C13H18ClNO/c1-10-7-15(8-11(2)16-10)9-12-4-3-5-13(14)6-12/h3-6,10-11H,7-9H2,1-2H3. The number of nitrogens with zero attached hydrogens (tertiary/aromatic N) is 1. The van der Waals surface area contributed by atoms with Gasteiger partial charge in [-0.1, -0.05) is 23.7 Å². The Hall–Kier alpha value is -0.570. The van der Waals surface area contributed by atoms with Crippen LogP contribution in [0.25, 0.3) is 0 Å². The summed E-state index contributed by atoms with van der Waals surface area (Å²) in [5.41, 5.74) is 1.27. The number of morpholine rings is 1. The third-order valence-electron chi connectivity index (χ3n) is 2.79. The Kier molecular flexibility index (Phi) is 3.85. The first-order valence-electron chi connectivity index (χ1n) is 5.76. The van der Waals surface area contributed by atoms with Crippen LogP contribution in [0.4, 0.5) is 0 Å². The van der Waals surface area contributed by atoms with Crippen molar-refractivity contribution in [3.05, 3.63) is 34.9 Å². The van der Waals surface area contributed by atoms with E-state index in [-0.39, 0.29) is 0 Å². The van der Waals surface area contributed by atoms with Gasteiger partial charge < -0.3 is 4.74 Å². The lowest BCUT2D eigenvalue weighted by atomic mass is 10.1. The minimum atomic E-state index is 0.322. The SMILES string of the molecule is CC1CN(Cc2cccc(Cl)c2)CC(C)O1. The van der Waals surface area contributed by atoms with Crippen molar-refractivity contribution in [2.45, 2.75) is 32.6 Å². The van der Waals surface area contributed by atoms with Crippen LogP contribution in [0.1, 0.15) is 19.4 Å². The van der Waals surface area contributed by atoms with E-state index in [4.69, 9.17) is 16.3 Å². The zero-order valence-electron chi connectivity index (χ0n) is 9.82. The molecule has 1 aromatic carbocycles. The van der Waals surface area contributed by atoms with Crippen molar-refractivity contribution in [1.82, 2.24) is 4.90 Å². The summed E-state index contributed by atoms with van der Waals surface area (Å²) in [5.74, 6) is 0. The maximum atomic E-state index is 5.98. The van der Waals surface area contributed by atoms with Crippen LogP contribution in [0.2, 0.25) is 5.02 Å². The highest BCUT2D eigenvalue weighted by molar-refractivity contribution is 6.30. The Morgan fingerprint density at radius 3 is 2.62 bits per heavy atom. The predicted molar refractivity (Wildman–Crippen MR) is 66.7 cm³/mol. The molecule has 3 heteroatoms. The molecule has 88 valence electrons. The highest BCUT2D eigenvalue weighted by atomic mass is 35.5. The fourth-order valence-corrected chi connectivity index (χ4v) is 2.52. The van der Waals surface area contributed by atoms with Gasteiger partial charge in [0, 0.05) is 24.7 Å². The largest absolute Gasteiger partial charge is 0.373 e. The summed E-state index contributed by atoms with van der Waals surface area (Å²) < 4.78 is 5.71. The van der Waals surface area contributed by atoms with Crippen molar-refractivity contribution >= 4 is 11.6 Å². The van der Waals surface area contributed by atoms with Crippen LogP contribution < -0.4 is 0 Å². The topological polar surface area (TPSA) is 12.5 Å². The molecule has 1 aliphatic heterocycles. The van der Waals surface area contributed by atoms with E-state index in [1.165, 1.54) is 5.56 Å². The molecule has 0 amide bonds. The van der Waals surface area contributed by atoms with E-state index < -0.39 is 0 Å². The molecule has 0 saturated carbocycles. The maximum absolute atomic E-state index is 5.98. The van der Waals surface area contributed by atoms with Gasteiger partial charge >= 0.3 is 0 Å². The van der Waals surface area contributed by atoms with Crippen molar-refractivity contribution in [3.63, 3.8) is 0 Å². The van der Waals surface area contributed by atoms with Crippen LogP contribution in [0.3, 0.4) is 0 Å². The first-order chi connectivity index (χ1) is 7.63. The molecule has 1 aliphatic rings. The van der Waals surface area contributed by atoms with E-state index in [2.05, 4.69) is 24.8 Å². The van der Waals surface area contributed by atoms with Crippen LogP contribution in [0.15, 0.2) is 24.3 Å². The number of halogens is 1. The third-order valence-corrected chi connectivity index (χ3v) is 3.03. The highest BCUT2D eigenvalue weighted by Crippen LogP contribution is 2.16. The zero-order valence-corrected chi connectivity index (χ0v) is 10.6. The number of hydrogen-bond acceptors (Lipinski definition) is 2. The maximum Gasteiger partial charge on any atom is 0.0678 e. The summed E-state index contributed by atoms with van der Waals surface area (Å²) in [7, 11) is 0. The van der Waals surface area contributed by atoms with E-state index in [0.29, 0.717) is 12.2 Å². The van der Waals surface area contributed by atoms with Gasteiger partial charge in [0.05, 0.1) is 12.2 Å². The second-order valence-corrected chi connectivity index (χ2v) is 5.02. The lowest BCUT2D eigenvalue weighted by molar-refractivity contribution is -0.0704. The van der Waals surface area contributed by atoms with Gasteiger partial charge in [-0.05, 0) is 31.5 Å². The van der Waals surface area contributed by atoms with Crippen LogP contribution in [0.5, 0.6) is 0 Å². The monoisotopic (exact) mass is 239 g/mol. The summed E-state index contributed by atoms with van der Waals surface area (Å²) in [6.07, 6.45) is 0.644. The minimum absolute atomic E-state index is 0.322. The molecular formula is C13H18ClNO. The van der Waals surface area contributed by atoms with E-state index in [1.807, 2.05) is 18.2 Å². The molecule has 0 radical (unpaired) electrons. The number of rotatable bonds is 2. The average Bonchev–Trinajstić information content (AvgIpc) is 2.15. The van der Waals surface area contributed by atoms with E-state index >= 15 is 0 Å². The lowest BCUT2D eigenvalue weighted by Crippen LogP contribution is -2.44. The van der Waals surface area contributed by atoms with Gasteiger partial charge in [-0.2, -0.15) is 0 Å². The van der Waals surface area contributed by atoms with Crippen LogP contribution >= 0.6 is 11.6 Å². The predicted octanol–water partition coefficient (Wildman–Crippen LogP) is 2.95. The second-order valence-electron chi connectivity index (χ2n) is 4.58. The van der Waals surface area contributed by atoms with E-state index in [0.717, 1.165) is 24.7 Å². The molecule has 1 fully saturated rings. The molecule has 2 unspecified atom stereocenters. The van der Waals surface area contributed by atoms with Crippen LogP contribution in [-0.4, -0.2) is 30.2 Å². The quantitative estimate of drug-likeness (QED) is 0.787. The molecule has 2 atom stereocenters. The van der Waals surface area contributed by atoms with Gasteiger partial charge in [0.1, 0.15) is 0 Å². The molecule has 16 heavy (non-hydrogen) atoms. The van der Waals surface area contributed by atoms with Crippen molar-refractivity contribution in [2.75, 3.05) is 13.1 Å². The molecular weight excluding hydrogens is 222 g/mol. The normalized spacial score (nSPS) is 26.9. The zero-order chi connectivity index (χ0) is 11.5. The molecule has 1 saturated heterocycles. The number of ether oxygens (including phenoxy) is 1. The molecule has 1 heterocycles. The van der Waals surface area contributed by atoms with Gasteiger partial charge in [-0.25, -0.2) is 0 Å². The number of hydrogen-bond donors (Lipinski definition) is 0. The molecule has 0 aromatic heterocycles. The van der Waals surface area contributed by atoms with Crippen LogP contribution in [0, 0.1) is 0 Å². The van der Waals surface area contributed by atoms with Gasteiger partial charge in [0.15, 0.2) is 0 Å². The summed E-state index contributed by atoms with van der Waals surface area (Å²) in [6, 6.07) is 8.07. The van der Waals surface area contributed by atoms with Crippen molar-refractivity contribution in [2.24, 2.45) is 0 Å². The Bertz CT molecular complexity index is 346. The summed E-state index contributed by atoms with van der Waals surface area (Å²) in [5, 5.41) is 0.812. The van der Waals surface area contributed by atoms with Crippen LogP contribution in [-0.2, 0) is 11.3 Å². The fourth-order valence-electron chi connectivity index (χ4n) is 2.31. The molecule has 0 aliphatic carbocycles. The molecule has 2 rings (SSSR count). The van der Waals surface area contributed by atoms with Gasteiger partial charge in [0.25, 0.3) is 0 Å². The summed E-state index contributed by atoms with van der Waals surface area (Å²) >= 11 is 5.98. The van der Waals surface area contributed by atoms with Crippen molar-refractivity contribution < 1.29 is 4.74 Å². The molecule has 1 aromatic rings. The third kappa shape index (κ3) is 3.21. The Balaban J connectivity index is 1.98. The van der Waals surface area contributed by atoms with Gasteiger partial charge in [0.2, 0.25) is 0 Å². The van der Waals surface area contributed by atoms with E-state index in [1.54, 1.807) is 0 Å². The first-order valence-corrected chi connectivity index (χ1v) is 6.13. The van der Waals surface area contributed by atoms with Gasteiger partial charge in [-0.15, -0.1) is 0 Å². The Morgan fingerprint density at radius 1 is 1.31 bits per heavy atom. The average molecular weight is 240 g/mol. The molecule has 2 nitrogen and oxygen atoms in total. The van der Waals surface area contributed by atoms with Gasteiger partial charge in [-0.3, -0.25) is 4.90 Å². The molecule has 0 bridgehead atoms. The first kappa shape index (κ1) is 11.9. The summed E-state index contributed by atoms with van der Waals surface area (Å²) in [4.78, 5) is 2.42. The summed E-state index contributed by atoms with van der Waals surface area (Å²) in [6.45, 7) is 7.20. The van der Waals surface area contributed by atoms with E-state index in [9.17, 15) is 0 Å². The highest BCUT2D eigenvalue weighted by Gasteiger charge is 2.21. The lowest BCUT2D eigenvalue weighted by Gasteiger charge is -2.35. The Labute approximate surface area is 102 Å². The second kappa shape index (κ2) is 5.17. The molecule has 0 spiro atoms. The smallest absolute Gasteiger partial charge is 0.0678 e. The molecule has 0 N–H and O–H groups in total. The fraction of sp³-hybridized carbons (Fsp3) is 0.538. The van der Waals surface area contributed by atoms with Crippen molar-refractivity contribution in [1.29, 1.82) is 0 Å².